The van der Waals surface area contributed by atoms with Gasteiger partial charge in [-0.05, 0) is 26.2 Å². The van der Waals surface area contributed by atoms with Crippen molar-refractivity contribution in [3.05, 3.63) is 0 Å². The van der Waals surface area contributed by atoms with Crippen LogP contribution < -0.4 is 5.32 Å². The summed E-state index contributed by atoms with van der Waals surface area (Å²) in [6.07, 6.45) is 2.81. The van der Waals surface area contributed by atoms with Crippen LogP contribution in [-0.2, 0) is 19.0 Å². The van der Waals surface area contributed by atoms with Gasteiger partial charge in [-0.25, -0.2) is 0 Å². The van der Waals surface area contributed by atoms with Crippen molar-refractivity contribution < 1.29 is 19.0 Å². The molecule has 1 aliphatic rings. The Morgan fingerprint density at radius 3 is 2.63 bits per heavy atom. The summed E-state index contributed by atoms with van der Waals surface area (Å²) in [6, 6.07) is -0.0303. The van der Waals surface area contributed by atoms with Crippen LogP contribution in [0.4, 0.5) is 0 Å². The Morgan fingerprint density at radius 2 is 2.05 bits per heavy atom. The quantitative estimate of drug-likeness (QED) is 0.679. The largest absolute Gasteiger partial charge is 0.465 e. The minimum atomic E-state index is -0.278. The van der Waals surface area contributed by atoms with Gasteiger partial charge in [0, 0.05) is 25.9 Å². The fourth-order valence-corrected chi connectivity index (χ4v) is 2.11. The summed E-state index contributed by atoms with van der Waals surface area (Å²) < 4.78 is 16.1. The average molecular weight is 273 g/mol. The number of ether oxygens (including phenoxy) is 3. The first-order valence-electron chi connectivity index (χ1n) is 7.25. The molecule has 0 aliphatic carbocycles. The monoisotopic (exact) mass is 273 g/mol. The molecule has 1 atom stereocenters. The highest BCUT2D eigenvalue weighted by molar-refractivity contribution is 5.75. The summed E-state index contributed by atoms with van der Waals surface area (Å²) in [5, 5.41) is 3.22. The van der Waals surface area contributed by atoms with Gasteiger partial charge >= 0.3 is 5.97 Å². The van der Waals surface area contributed by atoms with Crippen LogP contribution in [-0.4, -0.2) is 50.6 Å². The highest BCUT2D eigenvalue weighted by Gasteiger charge is 2.21. The van der Waals surface area contributed by atoms with Crippen molar-refractivity contribution >= 4 is 5.97 Å². The molecule has 1 fully saturated rings. The lowest BCUT2D eigenvalue weighted by Gasteiger charge is -2.24. The number of carbonyl (C=O) groups is 1. The summed E-state index contributed by atoms with van der Waals surface area (Å²) >= 11 is 0. The first-order valence-corrected chi connectivity index (χ1v) is 7.25. The van der Waals surface area contributed by atoms with Gasteiger partial charge in [-0.1, -0.05) is 13.8 Å². The third-order valence-corrected chi connectivity index (χ3v) is 3.03. The van der Waals surface area contributed by atoms with Gasteiger partial charge in [-0.3, -0.25) is 4.79 Å². The van der Waals surface area contributed by atoms with Gasteiger partial charge in [0.2, 0.25) is 0 Å². The van der Waals surface area contributed by atoms with Crippen molar-refractivity contribution in [2.45, 2.75) is 58.2 Å². The SMILES string of the molecule is CCOC(=O)C(CCOC1CCOCC1)NC(C)C. The van der Waals surface area contributed by atoms with Gasteiger partial charge in [0.15, 0.2) is 0 Å². The molecule has 5 heteroatoms. The van der Waals surface area contributed by atoms with E-state index in [-0.39, 0.29) is 24.2 Å². The smallest absolute Gasteiger partial charge is 0.323 e. The number of carbonyl (C=O) groups excluding carboxylic acids is 1. The first kappa shape index (κ1) is 16.4. The van der Waals surface area contributed by atoms with Crippen molar-refractivity contribution in [1.29, 1.82) is 0 Å². The van der Waals surface area contributed by atoms with Gasteiger partial charge in [-0.2, -0.15) is 0 Å². The van der Waals surface area contributed by atoms with Gasteiger partial charge < -0.3 is 19.5 Å². The molecule has 0 aromatic rings. The van der Waals surface area contributed by atoms with Crippen LogP contribution in [0.1, 0.15) is 40.0 Å². The zero-order chi connectivity index (χ0) is 14.1. The molecule has 1 N–H and O–H groups in total. The highest BCUT2D eigenvalue weighted by Crippen LogP contribution is 2.11. The Balaban J connectivity index is 2.28. The normalized spacial score (nSPS) is 18.5. The minimum absolute atomic E-state index is 0.188. The van der Waals surface area contributed by atoms with Crippen LogP contribution in [0, 0.1) is 0 Å². The second kappa shape index (κ2) is 9.28. The third kappa shape index (κ3) is 6.89. The predicted octanol–water partition coefficient (Wildman–Crippen LogP) is 1.50. The molecular weight excluding hydrogens is 246 g/mol. The Bertz CT molecular complexity index is 252. The fourth-order valence-electron chi connectivity index (χ4n) is 2.11. The van der Waals surface area contributed by atoms with E-state index in [1.807, 2.05) is 20.8 Å². The number of esters is 1. The third-order valence-electron chi connectivity index (χ3n) is 3.03. The molecule has 0 radical (unpaired) electrons. The summed E-state index contributed by atoms with van der Waals surface area (Å²) in [7, 11) is 0. The number of nitrogens with one attached hydrogen (secondary N) is 1. The highest BCUT2D eigenvalue weighted by atomic mass is 16.5. The van der Waals surface area contributed by atoms with E-state index < -0.39 is 0 Å². The lowest BCUT2D eigenvalue weighted by molar-refractivity contribution is -0.146. The molecule has 0 aromatic carbocycles. The zero-order valence-electron chi connectivity index (χ0n) is 12.3. The molecule has 1 unspecified atom stereocenters. The van der Waals surface area contributed by atoms with Gasteiger partial charge in [-0.15, -0.1) is 0 Å². The van der Waals surface area contributed by atoms with E-state index >= 15 is 0 Å². The molecule has 112 valence electrons. The lowest BCUT2D eigenvalue weighted by Crippen LogP contribution is -2.43. The molecule has 0 spiro atoms. The molecule has 1 saturated heterocycles. The molecule has 5 nitrogen and oxygen atoms in total. The van der Waals surface area contributed by atoms with Crippen LogP contribution >= 0.6 is 0 Å². The molecule has 0 aromatic heterocycles. The first-order chi connectivity index (χ1) is 9.13. The summed E-state index contributed by atoms with van der Waals surface area (Å²) in [5.41, 5.74) is 0. The van der Waals surface area contributed by atoms with Crippen molar-refractivity contribution in [3.8, 4) is 0 Å². The molecule has 0 bridgehead atoms. The predicted molar refractivity (Wildman–Crippen MR) is 73.1 cm³/mol. The van der Waals surface area contributed by atoms with E-state index in [1.165, 1.54) is 0 Å². The molecule has 1 rings (SSSR count). The van der Waals surface area contributed by atoms with Crippen molar-refractivity contribution in [1.82, 2.24) is 5.32 Å². The second-order valence-corrected chi connectivity index (χ2v) is 5.10. The fraction of sp³-hybridized carbons (Fsp3) is 0.929. The van der Waals surface area contributed by atoms with Crippen LogP contribution in [0.5, 0.6) is 0 Å². The average Bonchev–Trinajstić information content (AvgIpc) is 2.38. The van der Waals surface area contributed by atoms with Crippen LogP contribution in [0.3, 0.4) is 0 Å². The van der Waals surface area contributed by atoms with Gasteiger partial charge in [0.1, 0.15) is 6.04 Å². The van der Waals surface area contributed by atoms with E-state index in [9.17, 15) is 4.79 Å². The van der Waals surface area contributed by atoms with Crippen LogP contribution in [0.15, 0.2) is 0 Å². The summed E-state index contributed by atoms with van der Waals surface area (Å²) in [6.45, 7) is 8.40. The van der Waals surface area contributed by atoms with Crippen molar-refractivity contribution in [2.75, 3.05) is 26.4 Å². The topological polar surface area (TPSA) is 56.8 Å². The Morgan fingerprint density at radius 1 is 1.37 bits per heavy atom. The summed E-state index contributed by atoms with van der Waals surface area (Å²) in [5.74, 6) is -0.188. The van der Waals surface area contributed by atoms with Crippen molar-refractivity contribution in [3.63, 3.8) is 0 Å². The molecule has 19 heavy (non-hydrogen) atoms. The van der Waals surface area contributed by atoms with Gasteiger partial charge in [0.25, 0.3) is 0 Å². The maximum absolute atomic E-state index is 11.8. The van der Waals surface area contributed by atoms with E-state index in [2.05, 4.69) is 5.32 Å². The number of hydrogen-bond acceptors (Lipinski definition) is 5. The van der Waals surface area contributed by atoms with Gasteiger partial charge in [0.05, 0.1) is 12.7 Å². The summed E-state index contributed by atoms with van der Waals surface area (Å²) in [4.78, 5) is 11.8. The lowest BCUT2D eigenvalue weighted by atomic mass is 10.1. The molecule has 1 aliphatic heterocycles. The Kier molecular flexibility index (Phi) is 8.02. The number of hydrogen-bond donors (Lipinski definition) is 1. The second-order valence-electron chi connectivity index (χ2n) is 5.10. The molecule has 0 saturated carbocycles. The molecule has 1 heterocycles. The Hall–Kier alpha value is -0.650. The maximum atomic E-state index is 11.8. The minimum Gasteiger partial charge on any atom is -0.465 e. The van der Waals surface area contributed by atoms with Crippen molar-refractivity contribution in [2.24, 2.45) is 0 Å². The number of rotatable bonds is 8. The Labute approximate surface area is 116 Å². The van der Waals surface area contributed by atoms with Crippen LogP contribution in [0.25, 0.3) is 0 Å². The van der Waals surface area contributed by atoms with Crippen LogP contribution in [0.2, 0.25) is 0 Å². The molecule has 0 amide bonds. The maximum Gasteiger partial charge on any atom is 0.323 e. The zero-order valence-corrected chi connectivity index (χ0v) is 12.3. The van der Waals surface area contributed by atoms with E-state index in [1.54, 1.807) is 0 Å². The van der Waals surface area contributed by atoms with E-state index in [0.717, 1.165) is 26.1 Å². The van der Waals surface area contributed by atoms with E-state index in [0.29, 0.717) is 19.6 Å². The molecular formula is C14H27NO4. The standard InChI is InChI=1S/C14H27NO4/c1-4-18-14(16)13(15-11(2)3)7-10-19-12-5-8-17-9-6-12/h11-13,15H,4-10H2,1-3H3. The van der Waals surface area contributed by atoms with E-state index in [4.69, 9.17) is 14.2 Å².